The monoisotopic (exact) mass is 309 g/mol. The molecular formula is C10H16ClN3O2S2. The summed E-state index contributed by atoms with van der Waals surface area (Å²) in [6, 6.07) is 0. The highest BCUT2D eigenvalue weighted by molar-refractivity contribution is 7.98. The molecule has 102 valence electrons. The van der Waals surface area contributed by atoms with E-state index in [0.29, 0.717) is 6.54 Å². The van der Waals surface area contributed by atoms with Crippen LogP contribution in [0.4, 0.5) is 0 Å². The summed E-state index contributed by atoms with van der Waals surface area (Å²) in [5.74, 6) is 1.11. The van der Waals surface area contributed by atoms with Gasteiger partial charge in [0.2, 0.25) is 15.3 Å². The second kappa shape index (κ2) is 7.93. The SMILES string of the molecule is CSCCCCCNS(=O)(=O)c1cnc(Cl)nc1. The average molecular weight is 310 g/mol. The van der Waals surface area contributed by atoms with Gasteiger partial charge in [0.05, 0.1) is 12.4 Å². The minimum Gasteiger partial charge on any atom is -0.225 e. The van der Waals surface area contributed by atoms with Gasteiger partial charge >= 0.3 is 0 Å². The van der Waals surface area contributed by atoms with Gasteiger partial charge in [-0.1, -0.05) is 6.42 Å². The summed E-state index contributed by atoms with van der Waals surface area (Å²) in [6.45, 7) is 0.430. The molecule has 0 unspecified atom stereocenters. The molecule has 0 aromatic carbocycles. The molecule has 8 heteroatoms. The van der Waals surface area contributed by atoms with Crippen LogP contribution >= 0.6 is 23.4 Å². The lowest BCUT2D eigenvalue weighted by Gasteiger charge is -2.05. The van der Waals surface area contributed by atoms with Gasteiger partial charge in [-0.3, -0.25) is 0 Å². The zero-order valence-corrected chi connectivity index (χ0v) is 12.5. The molecule has 0 saturated carbocycles. The fourth-order valence-electron chi connectivity index (χ4n) is 1.28. The van der Waals surface area contributed by atoms with E-state index in [1.807, 2.05) is 0 Å². The molecule has 0 fully saturated rings. The molecule has 0 saturated heterocycles. The first-order valence-electron chi connectivity index (χ1n) is 5.52. The van der Waals surface area contributed by atoms with Gasteiger partial charge in [-0.15, -0.1) is 0 Å². The summed E-state index contributed by atoms with van der Waals surface area (Å²) in [6.07, 6.45) is 7.40. The summed E-state index contributed by atoms with van der Waals surface area (Å²) in [7, 11) is -3.51. The molecule has 1 heterocycles. The number of rotatable bonds is 8. The molecule has 1 N–H and O–H groups in total. The van der Waals surface area contributed by atoms with E-state index in [4.69, 9.17) is 11.6 Å². The Hall–Kier alpha value is -0.370. The molecule has 0 amide bonds. The molecule has 1 aromatic rings. The van der Waals surface area contributed by atoms with Crippen molar-refractivity contribution in [3.63, 3.8) is 0 Å². The zero-order chi connectivity index (χ0) is 13.4. The van der Waals surface area contributed by atoms with E-state index in [1.54, 1.807) is 11.8 Å². The van der Waals surface area contributed by atoms with Crippen molar-refractivity contribution in [3.05, 3.63) is 17.7 Å². The van der Waals surface area contributed by atoms with Crippen LogP contribution in [0.3, 0.4) is 0 Å². The third kappa shape index (κ3) is 5.51. The van der Waals surface area contributed by atoms with Crippen molar-refractivity contribution in [2.45, 2.75) is 24.2 Å². The van der Waals surface area contributed by atoms with Crippen LogP contribution in [-0.2, 0) is 10.0 Å². The molecular weight excluding hydrogens is 294 g/mol. The smallest absolute Gasteiger partial charge is 0.225 e. The van der Waals surface area contributed by atoms with E-state index in [2.05, 4.69) is 20.9 Å². The predicted molar refractivity (Wildman–Crippen MR) is 74.5 cm³/mol. The van der Waals surface area contributed by atoms with Gasteiger partial charge in [-0.05, 0) is 36.5 Å². The van der Waals surface area contributed by atoms with E-state index >= 15 is 0 Å². The van der Waals surface area contributed by atoms with Crippen LogP contribution in [0.5, 0.6) is 0 Å². The topological polar surface area (TPSA) is 72.0 Å². The minimum atomic E-state index is -3.51. The number of halogens is 1. The van der Waals surface area contributed by atoms with Gasteiger partial charge in [-0.25, -0.2) is 23.1 Å². The van der Waals surface area contributed by atoms with Crippen LogP contribution in [-0.4, -0.2) is 36.9 Å². The summed E-state index contributed by atoms with van der Waals surface area (Å²) in [5.41, 5.74) is 0. The lowest BCUT2D eigenvalue weighted by Crippen LogP contribution is -2.25. The van der Waals surface area contributed by atoms with Crippen LogP contribution in [0, 0.1) is 0 Å². The first-order chi connectivity index (χ1) is 8.56. The molecule has 0 aliphatic carbocycles. The maximum Gasteiger partial charge on any atom is 0.243 e. The molecule has 1 aromatic heterocycles. The number of nitrogens with zero attached hydrogens (tertiary/aromatic N) is 2. The Morgan fingerprint density at radius 2 is 1.94 bits per heavy atom. The summed E-state index contributed by atoms with van der Waals surface area (Å²) < 4.78 is 26.1. The maximum atomic E-state index is 11.8. The Balaban J connectivity index is 2.38. The third-order valence-corrected chi connectivity index (χ3v) is 4.53. The van der Waals surface area contributed by atoms with Gasteiger partial charge in [-0.2, -0.15) is 11.8 Å². The molecule has 0 bridgehead atoms. The Labute approximate surface area is 117 Å². The van der Waals surface area contributed by atoms with Gasteiger partial charge in [0.1, 0.15) is 4.90 Å². The van der Waals surface area contributed by atoms with E-state index in [0.717, 1.165) is 25.0 Å². The lowest BCUT2D eigenvalue weighted by atomic mass is 10.2. The van der Waals surface area contributed by atoms with Crippen LogP contribution in [0.1, 0.15) is 19.3 Å². The summed E-state index contributed by atoms with van der Waals surface area (Å²) in [4.78, 5) is 7.33. The molecule has 0 radical (unpaired) electrons. The Morgan fingerprint density at radius 3 is 2.56 bits per heavy atom. The van der Waals surface area contributed by atoms with Crippen LogP contribution in [0.15, 0.2) is 17.3 Å². The van der Waals surface area contributed by atoms with Crippen molar-refractivity contribution < 1.29 is 8.42 Å². The molecule has 1 rings (SSSR count). The minimum absolute atomic E-state index is 0.0333. The standard InChI is InChI=1S/C10H16ClN3O2S2/c1-17-6-4-2-3-5-14-18(15,16)9-7-12-10(11)13-8-9/h7-8,14H,2-6H2,1H3. The molecule has 5 nitrogen and oxygen atoms in total. The Kier molecular flexibility index (Phi) is 6.91. The van der Waals surface area contributed by atoms with E-state index < -0.39 is 10.0 Å². The van der Waals surface area contributed by atoms with Crippen molar-refractivity contribution in [1.29, 1.82) is 0 Å². The number of thioether (sulfide) groups is 1. The fourth-order valence-corrected chi connectivity index (χ4v) is 2.83. The average Bonchev–Trinajstić information content (AvgIpc) is 2.34. The predicted octanol–water partition coefficient (Wildman–Crippen LogP) is 1.94. The Bertz CT molecular complexity index is 451. The zero-order valence-electron chi connectivity index (χ0n) is 10.1. The summed E-state index contributed by atoms with van der Waals surface area (Å²) >= 11 is 7.29. The van der Waals surface area contributed by atoms with Crippen molar-refractivity contribution in [2.24, 2.45) is 0 Å². The number of hydrogen-bond donors (Lipinski definition) is 1. The van der Waals surface area contributed by atoms with Crippen LogP contribution < -0.4 is 4.72 Å². The maximum absolute atomic E-state index is 11.8. The lowest BCUT2D eigenvalue weighted by molar-refractivity contribution is 0.575. The highest BCUT2D eigenvalue weighted by Gasteiger charge is 2.13. The van der Waals surface area contributed by atoms with E-state index in [-0.39, 0.29) is 10.2 Å². The number of sulfonamides is 1. The van der Waals surface area contributed by atoms with E-state index in [1.165, 1.54) is 12.4 Å². The third-order valence-electron chi connectivity index (χ3n) is 2.22. The molecule has 0 aliphatic heterocycles. The largest absolute Gasteiger partial charge is 0.243 e. The van der Waals surface area contributed by atoms with Crippen LogP contribution in [0.2, 0.25) is 5.28 Å². The van der Waals surface area contributed by atoms with Crippen molar-refractivity contribution >= 4 is 33.4 Å². The number of unbranched alkanes of at least 4 members (excludes halogenated alkanes) is 2. The Morgan fingerprint density at radius 1 is 1.28 bits per heavy atom. The molecule has 18 heavy (non-hydrogen) atoms. The quantitative estimate of drug-likeness (QED) is 0.587. The highest BCUT2D eigenvalue weighted by Crippen LogP contribution is 2.08. The number of hydrogen-bond acceptors (Lipinski definition) is 5. The highest BCUT2D eigenvalue weighted by atomic mass is 35.5. The van der Waals surface area contributed by atoms with Crippen LogP contribution in [0.25, 0.3) is 0 Å². The van der Waals surface area contributed by atoms with E-state index in [9.17, 15) is 8.42 Å². The summed E-state index contributed by atoms with van der Waals surface area (Å²) in [5, 5.41) is 0.0333. The molecule has 0 atom stereocenters. The van der Waals surface area contributed by atoms with Crippen molar-refractivity contribution in [3.8, 4) is 0 Å². The second-order valence-electron chi connectivity index (χ2n) is 3.64. The second-order valence-corrected chi connectivity index (χ2v) is 6.73. The normalized spacial score (nSPS) is 11.7. The molecule has 0 aliphatic rings. The van der Waals surface area contributed by atoms with Gasteiger partial charge < -0.3 is 0 Å². The molecule has 0 spiro atoms. The van der Waals surface area contributed by atoms with Crippen molar-refractivity contribution in [1.82, 2.24) is 14.7 Å². The number of nitrogens with one attached hydrogen (secondary N) is 1. The first kappa shape index (κ1) is 15.7. The van der Waals surface area contributed by atoms with Gasteiger partial charge in [0, 0.05) is 6.54 Å². The van der Waals surface area contributed by atoms with Crippen molar-refractivity contribution in [2.75, 3.05) is 18.6 Å². The first-order valence-corrected chi connectivity index (χ1v) is 8.78. The van der Waals surface area contributed by atoms with Gasteiger partial charge in [0.15, 0.2) is 0 Å². The fraction of sp³-hybridized carbons (Fsp3) is 0.600. The number of aromatic nitrogens is 2. The van der Waals surface area contributed by atoms with Gasteiger partial charge in [0.25, 0.3) is 0 Å².